The molecule has 0 radical (unpaired) electrons. The van der Waals surface area contributed by atoms with Crippen LogP contribution in [0.25, 0.3) is 5.69 Å². The minimum absolute atomic E-state index is 0.206. The highest BCUT2D eigenvalue weighted by Gasteiger charge is 2.29. The fraction of sp³-hybridized carbons (Fsp3) is 0.120. The number of nitrogens with zero attached hydrogens (tertiary/aromatic N) is 4. The molecular weight excluding hydrogens is 386 g/mol. The van der Waals surface area contributed by atoms with Gasteiger partial charge in [0.15, 0.2) is 12.0 Å². The first kappa shape index (κ1) is 18.9. The Labute approximate surface area is 180 Å². The monoisotopic (exact) mass is 407 g/mol. The summed E-state index contributed by atoms with van der Waals surface area (Å²) in [6.07, 6.45) is -0.684. The van der Waals surface area contributed by atoms with Gasteiger partial charge in [0.2, 0.25) is 0 Å². The van der Waals surface area contributed by atoms with Gasteiger partial charge in [-0.1, -0.05) is 66.2 Å². The Bertz CT molecular complexity index is 1310. The first-order valence-electron chi connectivity index (χ1n) is 10.1. The highest BCUT2D eigenvalue weighted by molar-refractivity contribution is 6.15. The average Bonchev–Trinajstić information content (AvgIpc) is 3.11. The van der Waals surface area contributed by atoms with E-state index in [9.17, 15) is 4.79 Å². The van der Waals surface area contributed by atoms with E-state index in [4.69, 9.17) is 4.99 Å². The van der Waals surface area contributed by atoms with Gasteiger partial charge in [0.05, 0.1) is 11.4 Å². The van der Waals surface area contributed by atoms with Crippen molar-refractivity contribution in [3.8, 4) is 5.69 Å². The molecule has 152 valence electrons. The molecule has 2 heterocycles. The van der Waals surface area contributed by atoms with Gasteiger partial charge < -0.3 is 5.32 Å². The number of hydrogen-bond donors (Lipinski definition) is 1. The fourth-order valence-electron chi connectivity index (χ4n) is 3.90. The molecule has 1 atom stereocenters. The summed E-state index contributed by atoms with van der Waals surface area (Å²) in [6.45, 7) is 3.87. The van der Waals surface area contributed by atoms with Gasteiger partial charge in [-0.15, -0.1) is 10.2 Å². The standard InChI is InChI=1S/C25H21N5O/c1-16-9-8-12-19(15-16)25(31)27-23-24-29-28-17(2)30(24)21-14-7-6-13-20(21)22(26-23)18-10-4-3-5-11-18/h3-15,23H,1-2H3,(H,27,31). The Morgan fingerprint density at radius 1 is 0.903 bits per heavy atom. The van der Waals surface area contributed by atoms with Crippen LogP contribution in [0.15, 0.2) is 83.9 Å². The quantitative estimate of drug-likeness (QED) is 0.554. The number of benzene rings is 3. The van der Waals surface area contributed by atoms with Crippen molar-refractivity contribution in [1.29, 1.82) is 0 Å². The lowest BCUT2D eigenvalue weighted by Crippen LogP contribution is -2.29. The molecular formula is C25H21N5O. The van der Waals surface area contributed by atoms with Gasteiger partial charge >= 0.3 is 0 Å². The first-order chi connectivity index (χ1) is 15.1. The number of amides is 1. The van der Waals surface area contributed by atoms with Crippen LogP contribution in [0.2, 0.25) is 0 Å². The lowest BCUT2D eigenvalue weighted by molar-refractivity contribution is 0.0936. The average molecular weight is 407 g/mol. The molecule has 0 saturated heterocycles. The predicted molar refractivity (Wildman–Crippen MR) is 120 cm³/mol. The topological polar surface area (TPSA) is 72.2 Å². The van der Waals surface area contributed by atoms with Gasteiger partial charge in [-0.25, -0.2) is 0 Å². The number of fused-ring (bicyclic) bond motifs is 3. The second-order valence-corrected chi connectivity index (χ2v) is 7.55. The molecule has 0 aliphatic carbocycles. The van der Waals surface area contributed by atoms with Gasteiger partial charge in [0.1, 0.15) is 5.82 Å². The van der Waals surface area contributed by atoms with Gasteiger partial charge in [0.25, 0.3) is 5.91 Å². The van der Waals surface area contributed by atoms with Crippen molar-refractivity contribution in [3.05, 3.63) is 113 Å². The summed E-state index contributed by atoms with van der Waals surface area (Å²) in [7, 11) is 0. The molecule has 0 fully saturated rings. The molecule has 6 nitrogen and oxygen atoms in total. The van der Waals surface area contributed by atoms with Crippen LogP contribution >= 0.6 is 0 Å². The Morgan fingerprint density at radius 3 is 2.48 bits per heavy atom. The third-order valence-electron chi connectivity index (χ3n) is 5.35. The number of aliphatic imine (C=N–C) groups is 1. The van der Waals surface area contributed by atoms with E-state index in [1.54, 1.807) is 6.07 Å². The molecule has 5 rings (SSSR count). The van der Waals surface area contributed by atoms with Crippen LogP contribution < -0.4 is 5.32 Å². The lowest BCUT2D eigenvalue weighted by atomic mass is 10.0. The number of carbonyl (C=O) groups is 1. The van der Waals surface area contributed by atoms with E-state index in [0.717, 1.165) is 33.9 Å². The molecule has 0 saturated carbocycles. The molecule has 1 amide bonds. The van der Waals surface area contributed by atoms with Crippen molar-refractivity contribution in [1.82, 2.24) is 20.1 Å². The van der Waals surface area contributed by atoms with Gasteiger partial charge in [-0.2, -0.15) is 0 Å². The SMILES string of the molecule is Cc1cccc(C(=O)NC2N=C(c3ccccc3)c3ccccc3-n3c(C)nnc32)c1. The van der Waals surface area contributed by atoms with Crippen molar-refractivity contribution in [2.24, 2.45) is 4.99 Å². The minimum Gasteiger partial charge on any atom is -0.324 e. The number of nitrogens with one attached hydrogen (secondary N) is 1. The number of carbonyl (C=O) groups excluding carboxylic acids is 1. The maximum atomic E-state index is 13.1. The van der Waals surface area contributed by atoms with Crippen LogP contribution in [0.1, 0.15) is 44.9 Å². The predicted octanol–water partition coefficient (Wildman–Crippen LogP) is 4.16. The zero-order valence-electron chi connectivity index (χ0n) is 17.3. The van der Waals surface area contributed by atoms with Crippen LogP contribution in [0, 0.1) is 13.8 Å². The fourth-order valence-corrected chi connectivity index (χ4v) is 3.90. The molecule has 3 aromatic carbocycles. The van der Waals surface area contributed by atoms with E-state index < -0.39 is 6.17 Å². The van der Waals surface area contributed by atoms with Gasteiger partial charge in [-0.05, 0) is 32.0 Å². The largest absolute Gasteiger partial charge is 0.324 e. The molecule has 31 heavy (non-hydrogen) atoms. The first-order valence-corrected chi connectivity index (χ1v) is 10.1. The maximum Gasteiger partial charge on any atom is 0.253 e. The third kappa shape index (κ3) is 3.42. The summed E-state index contributed by atoms with van der Waals surface area (Å²) in [5, 5.41) is 11.7. The molecule has 1 aliphatic heterocycles. The smallest absolute Gasteiger partial charge is 0.253 e. The van der Waals surface area contributed by atoms with E-state index in [0.29, 0.717) is 11.4 Å². The Morgan fingerprint density at radius 2 is 1.68 bits per heavy atom. The third-order valence-corrected chi connectivity index (χ3v) is 5.35. The van der Waals surface area contributed by atoms with Crippen molar-refractivity contribution >= 4 is 11.6 Å². The molecule has 1 aliphatic rings. The van der Waals surface area contributed by atoms with Crippen molar-refractivity contribution in [3.63, 3.8) is 0 Å². The number of aromatic nitrogens is 3. The molecule has 1 unspecified atom stereocenters. The van der Waals surface area contributed by atoms with E-state index in [1.165, 1.54) is 0 Å². The zero-order valence-corrected chi connectivity index (χ0v) is 17.3. The molecule has 4 aromatic rings. The lowest BCUT2D eigenvalue weighted by Gasteiger charge is -2.14. The van der Waals surface area contributed by atoms with Crippen molar-refractivity contribution in [2.75, 3.05) is 0 Å². The summed E-state index contributed by atoms with van der Waals surface area (Å²) in [6, 6.07) is 25.5. The maximum absolute atomic E-state index is 13.1. The summed E-state index contributed by atoms with van der Waals surface area (Å²) in [5.74, 6) is 1.11. The molecule has 0 bridgehead atoms. The molecule has 1 N–H and O–H groups in total. The van der Waals surface area contributed by atoms with Gasteiger partial charge in [0, 0.05) is 16.7 Å². The van der Waals surface area contributed by atoms with Crippen LogP contribution in [0.3, 0.4) is 0 Å². The number of rotatable bonds is 3. The van der Waals surface area contributed by atoms with Crippen molar-refractivity contribution < 1.29 is 4.79 Å². The van der Waals surface area contributed by atoms with Gasteiger partial charge in [-0.3, -0.25) is 14.4 Å². The Hall–Kier alpha value is -4.06. The molecule has 0 spiro atoms. The van der Waals surface area contributed by atoms with E-state index in [2.05, 4.69) is 15.5 Å². The second-order valence-electron chi connectivity index (χ2n) is 7.55. The van der Waals surface area contributed by atoms with E-state index >= 15 is 0 Å². The Kier molecular flexibility index (Phi) is 4.67. The zero-order chi connectivity index (χ0) is 21.4. The summed E-state index contributed by atoms with van der Waals surface area (Å²) < 4.78 is 1.97. The number of aryl methyl sites for hydroxylation is 2. The van der Waals surface area contributed by atoms with Crippen LogP contribution in [0.4, 0.5) is 0 Å². The summed E-state index contributed by atoms with van der Waals surface area (Å²) in [5.41, 5.74) is 5.28. The Balaban J connectivity index is 1.67. The minimum atomic E-state index is -0.684. The highest BCUT2D eigenvalue weighted by Crippen LogP contribution is 2.29. The van der Waals surface area contributed by atoms with Crippen LogP contribution in [-0.2, 0) is 0 Å². The number of para-hydroxylation sites is 1. The normalized spacial score (nSPS) is 14.8. The summed E-state index contributed by atoms with van der Waals surface area (Å²) >= 11 is 0. The highest BCUT2D eigenvalue weighted by atomic mass is 16.1. The molecule has 1 aromatic heterocycles. The summed E-state index contributed by atoms with van der Waals surface area (Å²) in [4.78, 5) is 18.1. The number of hydrogen-bond acceptors (Lipinski definition) is 4. The molecule has 6 heteroatoms. The van der Waals surface area contributed by atoms with E-state index in [1.807, 2.05) is 91.2 Å². The van der Waals surface area contributed by atoms with Crippen LogP contribution in [-0.4, -0.2) is 26.4 Å². The van der Waals surface area contributed by atoms with Crippen LogP contribution in [0.5, 0.6) is 0 Å². The second kappa shape index (κ2) is 7.65. The van der Waals surface area contributed by atoms with Crippen molar-refractivity contribution in [2.45, 2.75) is 20.0 Å². The van der Waals surface area contributed by atoms with E-state index in [-0.39, 0.29) is 5.91 Å².